The van der Waals surface area contributed by atoms with Crippen LogP contribution >= 0.6 is 0 Å². The van der Waals surface area contributed by atoms with Gasteiger partial charge in [0.1, 0.15) is 6.10 Å². The average Bonchev–Trinajstić information content (AvgIpc) is 2.25. The molecule has 1 aromatic rings. The van der Waals surface area contributed by atoms with Crippen LogP contribution in [-0.2, 0) is 4.74 Å². The predicted octanol–water partition coefficient (Wildman–Crippen LogP) is 1.61. The Labute approximate surface area is 97.7 Å². The molecule has 0 aromatic heterocycles. The second kappa shape index (κ2) is 5.99. The van der Waals surface area contributed by atoms with E-state index in [0.29, 0.717) is 6.54 Å². The molecule has 0 aliphatic rings. The molecular weight excluding hydrogens is 202 g/mol. The molecule has 2 atom stereocenters. The van der Waals surface area contributed by atoms with Crippen LogP contribution in [0.15, 0.2) is 24.3 Å². The number of benzene rings is 1. The fourth-order valence-corrected chi connectivity index (χ4v) is 1.78. The van der Waals surface area contributed by atoms with Gasteiger partial charge in [0.2, 0.25) is 0 Å². The van der Waals surface area contributed by atoms with Crippen molar-refractivity contribution in [2.24, 2.45) is 0 Å². The molecule has 0 radical (unpaired) electrons. The third-order valence-corrected chi connectivity index (χ3v) is 2.71. The molecule has 1 N–H and O–H groups in total. The molecule has 0 heterocycles. The Hall–Kier alpha value is -0.900. The first kappa shape index (κ1) is 13.2. The normalized spacial score (nSPS) is 15.1. The number of likely N-dealkylation sites (N-methyl/N-ethyl adjacent to an activating group) is 1. The predicted molar refractivity (Wildman–Crippen MR) is 65.5 cm³/mol. The molecule has 0 bridgehead atoms. The molecule has 0 aliphatic heterocycles. The topological polar surface area (TPSA) is 32.7 Å². The number of methoxy groups -OCH3 is 1. The number of hydrogen-bond donors (Lipinski definition) is 1. The molecule has 3 heteroatoms. The zero-order chi connectivity index (χ0) is 12.1. The lowest BCUT2D eigenvalue weighted by Crippen LogP contribution is -2.33. The maximum atomic E-state index is 10.3. The van der Waals surface area contributed by atoms with Gasteiger partial charge in [0.05, 0.1) is 6.10 Å². The first-order chi connectivity index (χ1) is 7.56. The summed E-state index contributed by atoms with van der Waals surface area (Å²) in [6.07, 6.45) is -0.773. The lowest BCUT2D eigenvalue weighted by Gasteiger charge is -2.25. The van der Waals surface area contributed by atoms with Gasteiger partial charge in [-0.25, -0.2) is 0 Å². The quantitative estimate of drug-likeness (QED) is 0.823. The van der Waals surface area contributed by atoms with E-state index in [1.54, 1.807) is 7.11 Å². The second-order valence-corrected chi connectivity index (χ2v) is 4.34. The first-order valence-electron chi connectivity index (χ1n) is 5.47. The second-order valence-electron chi connectivity index (χ2n) is 4.34. The van der Waals surface area contributed by atoms with Crippen LogP contribution in [0, 0.1) is 6.92 Å². The van der Waals surface area contributed by atoms with Gasteiger partial charge in [-0.1, -0.05) is 24.3 Å². The van der Waals surface area contributed by atoms with Crippen LogP contribution in [0.4, 0.5) is 0 Å². The zero-order valence-corrected chi connectivity index (χ0v) is 10.5. The molecule has 16 heavy (non-hydrogen) atoms. The summed E-state index contributed by atoms with van der Waals surface area (Å²) in [5, 5.41) is 10.3. The summed E-state index contributed by atoms with van der Waals surface area (Å²) >= 11 is 0. The largest absolute Gasteiger partial charge is 0.386 e. The van der Waals surface area contributed by atoms with E-state index in [2.05, 4.69) is 0 Å². The van der Waals surface area contributed by atoms with E-state index in [9.17, 15) is 5.11 Å². The van der Waals surface area contributed by atoms with E-state index in [4.69, 9.17) is 4.74 Å². The summed E-state index contributed by atoms with van der Waals surface area (Å²) in [7, 11) is 5.57. The number of aliphatic hydroxyl groups is 1. The Kier molecular flexibility index (Phi) is 4.93. The molecule has 2 unspecified atom stereocenters. The Morgan fingerprint density at radius 2 is 1.94 bits per heavy atom. The highest BCUT2D eigenvalue weighted by atomic mass is 16.5. The zero-order valence-electron chi connectivity index (χ0n) is 10.5. The van der Waals surface area contributed by atoms with Crippen molar-refractivity contribution < 1.29 is 9.84 Å². The highest BCUT2D eigenvalue weighted by Gasteiger charge is 2.22. The maximum absolute atomic E-state index is 10.3. The fourth-order valence-electron chi connectivity index (χ4n) is 1.78. The van der Waals surface area contributed by atoms with Gasteiger partial charge in [-0.05, 0) is 32.1 Å². The Morgan fingerprint density at radius 3 is 2.44 bits per heavy atom. The number of aliphatic hydroxyl groups excluding tert-OH is 1. The standard InChI is InChI=1S/C13H21NO2/c1-10-7-5-6-8-11(10)13(15)12(16-4)9-14(2)3/h5-8,12-13,15H,9H2,1-4H3. The van der Waals surface area contributed by atoms with E-state index in [1.807, 2.05) is 50.2 Å². The SMILES string of the molecule is COC(CN(C)C)C(O)c1ccccc1C. The molecular formula is C13H21NO2. The van der Waals surface area contributed by atoms with Crippen molar-refractivity contribution in [2.45, 2.75) is 19.1 Å². The molecule has 3 nitrogen and oxygen atoms in total. The fraction of sp³-hybridized carbons (Fsp3) is 0.538. The van der Waals surface area contributed by atoms with Crippen LogP contribution in [0.2, 0.25) is 0 Å². The minimum atomic E-state index is -0.575. The van der Waals surface area contributed by atoms with Crippen LogP contribution in [0.1, 0.15) is 17.2 Å². The van der Waals surface area contributed by atoms with Gasteiger partial charge < -0.3 is 14.7 Å². The van der Waals surface area contributed by atoms with E-state index in [-0.39, 0.29) is 6.10 Å². The summed E-state index contributed by atoms with van der Waals surface area (Å²) < 4.78 is 5.34. The summed E-state index contributed by atoms with van der Waals surface area (Å²) in [6, 6.07) is 7.86. The molecule has 1 aromatic carbocycles. The third-order valence-electron chi connectivity index (χ3n) is 2.71. The molecule has 1 rings (SSSR count). The Bertz CT molecular complexity index is 325. The Morgan fingerprint density at radius 1 is 1.31 bits per heavy atom. The van der Waals surface area contributed by atoms with Gasteiger partial charge in [-0.2, -0.15) is 0 Å². The van der Waals surface area contributed by atoms with Gasteiger partial charge >= 0.3 is 0 Å². The third kappa shape index (κ3) is 3.30. The van der Waals surface area contributed by atoms with Crippen LogP contribution in [0.25, 0.3) is 0 Å². The van der Waals surface area contributed by atoms with Crippen LogP contribution < -0.4 is 0 Å². The highest BCUT2D eigenvalue weighted by Crippen LogP contribution is 2.22. The average molecular weight is 223 g/mol. The number of rotatable bonds is 5. The minimum Gasteiger partial charge on any atom is -0.386 e. The van der Waals surface area contributed by atoms with Gasteiger partial charge in [0.25, 0.3) is 0 Å². The van der Waals surface area contributed by atoms with Gasteiger partial charge in [-0.15, -0.1) is 0 Å². The summed E-state index contributed by atoms with van der Waals surface area (Å²) in [6.45, 7) is 2.70. The summed E-state index contributed by atoms with van der Waals surface area (Å²) in [4.78, 5) is 2.01. The Balaban J connectivity index is 2.82. The van der Waals surface area contributed by atoms with Gasteiger partial charge in [0, 0.05) is 13.7 Å². The molecule has 0 fully saturated rings. The van der Waals surface area contributed by atoms with Crippen molar-refractivity contribution in [1.29, 1.82) is 0 Å². The first-order valence-corrected chi connectivity index (χ1v) is 5.47. The molecule has 0 saturated carbocycles. The monoisotopic (exact) mass is 223 g/mol. The van der Waals surface area contributed by atoms with Gasteiger partial charge in [0.15, 0.2) is 0 Å². The van der Waals surface area contributed by atoms with E-state index in [0.717, 1.165) is 11.1 Å². The number of hydrogen-bond acceptors (Lipinski definition) is 3. The molecule has 0 saturated heterocycles. The van der Waals surface area contributed by atoms with Crippen molar-refractivity contribution in [3.63, 3.8) is 0 Å². The van der Waals surface area contributed by atoms with Crippen LogP contribution in [0.5, 0.6) is 0 Å². The minimum absolute atomic E-state index is 0.198. The summed E-state index contributed by atoms with van der Waals surface area (Å²) in [5.41, 5.74) is 2.03. The summed E-state index contributed by atoms with van der Waals surface area (Å²) in [5.74, 6) is 0. The van der Waals surface area contributed by atoms with Crippen molar-refractivity contribution >= 4 is 0 Å². The lowest BCUT2D eigenvalue weighted by atomic mass is 9.99. The lowest BCUT2D eigenvalue weighted by molar-refractivity contribution is -0.0254. The van der Waals surface area contributed by atoms with Crippen LogP contribution in [0.3, 0.4) is 0 Å². The van der Waals surface area contributed by atoms with Crippen molar-refractivity contribution in [1.82, 2.24) is 4.90 Å². The highest BCUT2D eigenvalue weighted by molar-refractivity contribution is 5.28. The molecule has 90 valence electrons. The number of ether oxygens (including phenoxy) is 1. The maximum Gasteiger partial charge on any atom is 0.107 e. The van der Waals surface area contributed by atoms with Crippen molar-refractivity contribution in [3.05, 3.63) is 35.4 Å². The number of aryl methyl sites for hydroxylation is 1. The molecule has 0 spiro atoms. The molecule has 0 amide bonds. The molecule has 0 aliphatic carbocycles. The smallest absolute Gasteiger partial charge is 0.107 e. The van der Waals surface area contributed by atoms with E-state index >= 15 is 0 Å². The van der Waals surface area contributed by atoms with Gasteiger partial charge in [-0.3, -0.25) is 0 Å². The van der Waals surface area contributed by atoms with Crippen LogP contribution in [-0.4, -0.2) is 43.9 Å². The van der Waals surface area contributed by atoms with E-state index in [1.165, 1.54) is 0 Å². The van der Waals surface area contributed by atoms with E-state index < -0.39 is 6.10 Å². The van der Waals surface area contributed by atoms with Crippen molar-refractivity contribution in [2.75, 3.05) is 27.7 Å². The van der Waals surface area contributed by atoms with Crippen molar-refractivity contribution in [3.8, 4) is 0 Å². The number of nitrogens with zero attached hydrogens (tertiary/aromatic N) is 1.